The predicted octanol–water partition coefficient (Wildman–Crippen LogP) is 1.65. The highest BCUT2D eigenvalue weighted by Crippen LogP contribution is 2.27. The van der Waals surface area contributed by atoms with Gasteiger partial charge in [-0.1, -0.05) is 11.6 Å². The second kappa shape index (κ2) is 3.59. The van der Waals surface area contributed by atoms with E-state index in [2.05, 4.69) is 5.10 Å². The second-order valence-corrected chi connectivity index (χ2v) is 3.13. The molecule has 74 valence electrons. The zero-order valence-electron chi connectivity index (χ0n) is 7.26. The monoisotopic (exact) mass is 209 g/mol. The molecule has 1 aromatic heterocycles. The second-order valence-electron chi connectivity index (χ2n) is 2.77. The van der Waals surface area contributed by atoms with E-state index in [-0.39, 0.29) is 10.7 Å². The molecule has 0 amide bonds. The Labute approximate surface area is 79.5 Å². The molecule has 0 aliphatic heterocycles. The van der Waals surface area contributed by atoms with Crippen LogP contribution in [-0.2, 0) is 7.05 Å². The van der Waals surface area contributed by atoms with Crippen molar-refractivity contribution in [1.82, 2.24) is 9.78 Å². The van der Waals surface area contributed by atoms with E-state index in [1.54, 1.807) is 14.0 Å². The fourth-order valence-electron chi connectivity index (χ4n) is 1.15. The number of hydrogen-bond acceptors (Lipinski definition) is 2. The normalized spacial score (nSPS) is 13.8. The van der Waals surface area contributed by atoms with Gasteiger partial charge in [-0.15, -0.1) is 0 Å². The third-order valence-corrected chi connectivity index (χ3v) is 2.25. The number of aryl methyl sites for hydroxylation is 2. The van der Waals surface area contributed by atoms with Crippen molar-refractivity contribution < 1.29 is 8.78 Å². The van der Waals surface area contributed by atoms with Crippen molar-refractivity contribution >= 4 is 11.6 Å². The van der Waals surface area contributed by atoms with Crippen LogP contribution in [0.4, 0.5) is 8.78 Å². The molecule has 0 aromatic carbocycles. The molecule has 1 unspecified atom stereocenters. The summed E-state index contributed by atoms with van der Waals surface area (Å²) in [4.78, 5) is 0. The first-order valence-corrected chi connectivity index (χ1v) is 4.05. The Bertz CT molecular complexity index is 311. The van der Waals surface area contributed by atoms with E-state index in [1.165, 1.54) is 4.68 Å². The Morgan fingerprint density at radius 3 is 2.38 bits per heavy atom. The van der Waals surface area contributed by atoms with Crippen LogP contribution in [0.3, 0.4) is 0 Å². The third kappa shape index (κ3) is 1.81. The highest BCUT2D eigenvalue weighted by molar-refractivity contribution is 6.30. The maximum atomic E-state index is 12.3. The molecule has 13 heavy (non-hydrogen) atoms. The van der Waals surface area contributed by atoms with Gasteiger partial charge in [0, 0.05) is 12.6 Å². The fraction of sp³-hybridized carbons (Fsp3) is 0.571. The predicted molar refractivity (Wildman–Crippen MR) is 45.9 cm³/mol. The molecule has 0 saturated carbocycles. The van der Waals surface area contributed by atoms with Gasteiger partial charge in [0.05, 0.1) is 11.7 Å². The quantitative estimate of drug-likeness (QED) is 0.805. The van der Waals surface area contributed by atoms with Crippen LogP contribution in [0.15, 0.2) is 0 Å². The van der Waals surface area contributed by atoms with Gasteiger partial charge >= 0.3 is 0 Å². The van der Waals surface area contributed by atoms with Crippen molar-refractivity contribution in [3.8, 4) is 0 Å². The highest BCUT2D eigenvalue weighted by atomic mass is 35.5. The van der Waals surface area contributed by atoms with Gasteiger partial charge in [0.1, 0.15) is 5.15 Å². The van der Waals surface area contributed by atoms with Gasteiger partial charge in [0.15, 0.2) is 0 Å². The molecule has 0 saturated heterocycles. The van der Waals surface area contributed by atoms with Gasteiger partial charge in [0.25, 0.3) is 6.43 Å². The summed E-state index contributed by atoms with van der Waals surface area (Å²) in [5.74, 6) is 0. The van der Waals surface area contributed by atoms with Crippen LogP contribution in [0.25, 0.3) is 0 Å². The van der Waals surface area contributed by atoms with Crippen molar-refractivity contribution in [3.63, 3.8) is 0 Å². The lowest BCUT2D eigenvalue weighted by molar-refractivity contribution is 0.116. The average molecular weight is 210 g/mol. The Hall–Kier alpha value is -0.680. The van der Waals surface area contributed by atoms with Crippen LogP contribution in [-0.4, -0.2) is 16.2 Å². The summed E-state index contributed by atoms with van der Waals surface area (Å²) >= 11 is 5.74. The average Bonchev–Trinajstić information content (AvgIpc) is 2.26. The molecule has 1 aromatic rings. The van der Waals surface area contributed by atoms with E-state index < -0.39 is 12.5 Å². The lowest BCUT2D eigenvalue weighted by atomic mass is 10.1. The zero-order valence-corrected chi connectivity index (χ0v) is 8.02. The van der Waals surface area contributed by atoms with E-state index in [9.17, 15) is 8.78 Å². The van der Waals surface area contributed by atoms with E-state index >= 15 is 0 Å². The van der Waals surface area contributed by atoms with Crippen LogP contribution in [0.2, 0.25) is 5.15 Å². The van der Waals surface area contributed by atoms with Crippen LogP contribution in [0.5, 0.6) is 0 Å². The standard InChI is InChI=1S/C7H10ClF2N3/c1-3-4(5(11)7(9)10)6(8)13(2)12-3/h5,7H,11H2,1-2H3. The fourth-order valence-corrected chi connectivity index (χ4v) is 1.45. The van der Waals surface area contributed by atoms with Crippen LogP contribution in [0, 0.1) is 6.92 Å². The molecule has 1 heterocycles. The molecule has 0 fully saturated rings. The van der Waals surface area contributed by atoms with E-state index in [0.29, 0.717) is 5.69 Å². The Morgan fingerprint density at radius 2 is 2.08 bits per heavy atom. The molecule has 0 aliphatic carbocycles. The molecular formula is C7H10ClF2N3. The van der Waals surface area contributed by atoms with Crippen molar-refractivity contribution in [1.29, 1.82) is 0 Å². The van der Waals surface area contributed by atoms with Crippen molar-refractivity contribution in [2.75, 3.05) is 0 Å². The van der Waals surface area contributed by atoms with Gasteiger partial charge in [-0.05, 0) is 6.92 Å². The molecule has 0 radical (unpaired) electrons. The van der Waals surface area contributed by atoms with Crippen LogP contribution >= 0.6 is 11.6 Å². The summed E-state index contributed by atoms with van der Waals surface area (Å²) in [6.07, 6.45) is -2.62. The molecule has 2 N–H and O–H groups in total. The summed E-state index contributed by atoms with van der Waals surface area (Å²) in [5, 5.41) is 4.06. The topological polar surface area (TPSA) is 43.8 Å². The smallest absolute Gasteiger partial charge is 0.257 e. The number of alkyl halides is 2. The lowest BCUT2D eigenvalue weighted by Crippen LogP contribution is -2.19. The molecular weight excluding hydrogens is 200 g/mol. The van der Waals surface area contributed by atoms with Gasteiger partial charge in [-0.2, -0.15) is 5.10 Å². The zero-order chi connectivity index (χ0) is 10.2. The molecule has 1 rings (SSSR count). The number of halogens is 3. The summed E-state index contributed by atoms with van der Waals surface area (Å²) in [6, 6.07) is -1.36. The number of rotatable bonds is 2. The summed E-state index contributed by atoms with van der Waals surface area (Å²) in [6.45, 7) is 1.60. The minimum Gasteiger partial charge on any atom is -0.319 e. The molecule has 3 nitrogen and oxygen atoms in total. The van der Waals surface area contributed by atoms with E-state index in [1.807, 2.05) is 0 Å². The number of hydrogen-bond donors (Lipinski definition) is 1. The van der Waals surface area contributed by atoms with Crippen molar-refractivity contribution in [2.24, 2.45) is 12.8 Å². The van der Waals surface area contributed by atoms with Crippen molar-refractivity contribution in [2.45, 2.75) is 19.4 Å². The first-order valence-electron chi connectivity index (χ1n) is 3.68. The Balaban J connectivity index is 3.13. The Kier molecular flexibility index (Phi) is 2.87. The summed E-state index contributed by atoms with van der Waals surface area (Å²) < 4.78 is 25.9. The molecule has 0 aliphatic rings. The van der Waals surface area contributed by atoms with E-state index in [4.69, 9.17) is 17.3 Å². The number of nitrogens with two attached hydrogens (primary N) is 1. The van der Waals surface area contributed by atoms with Crippen LogP contribution in [0.1, 0.15) is 17.3 Å². The number of nitrogens with zero attached hydrogens (tertiary/aromatic N) is 2. The first-order chi connectivity index (χ1) is 5.95. The summed E-state index contributed by atoms with van der Waals surface area (Å²) in [5.41, 5.74) is 5.93. The molecule has 6 heteroatoms. The lowest BCUT2D eigenvalue weighted by Gasteiger charge is -2.09. The summed E-state index contributed by atoms with van der Waals surface area (Å²) in [7, 11) is 1.58. The highest BCUT2D eigenvalue weighted by Gasteiger charge is 2.25. The minimum atomic E-state index is -2.62. The maximum absolute atomic E-state index is 12.3. The van der Waals surface area contributed by atoms with E-state index in [0.717, 1.165) is 0 Å². The number of aromatic nitrogens is 2. The largest absolute Gasteiger partial charge is 0.319 e. The minimum absolute atomic E-state index is 0.172. The van der Waals surface area contributed by atoms with Gasteiger partial charge in [-0.3, -0.25) is 4.68 Å². The van der Waals surface area contributed by atoms with Crippen molar-refractivity contribution in [3.05, 3.63) is 16.4 Å². The molecule has 0 spiro atoms. The van der Waals surface area contributed by atoms with Gasteiger partial charge in [-0.25, -0.2) is 8.78 Å². The van der Waals surface area contributed by atoms with Crippen LogP contribution < -0.4 is 5.73 Å². The molecule has 1 atom stereocenters. The first kappa shape index (κ1) is 10.4. The SMILES string of the molecule is Cc1nn(C)c(Cl)c1C(N)C(F)F. The maximum Gasteiger partial charge on any atom is 0.257 e. The Morgan fingerprint density at radius 1 is 1.54 bits per heavy atom. The third-order valence-electron chi connectivity index (χ3n) is 1.80. The molecule has 0 bridgehead atoms. The van der Waals surface area contributed by atoms with Gasteiger partial charge < -0.3 is 5.73 Å². The van der Waals surface area contributed by atoms with Gasteiger partial charge in [0.2, 0.25) is 0 Å².